The Labute approximate surface area is 214 Å². The van der Waals surface area contributed by atoms with Crippen LogP contribution < -0.4 is 5.32 Å². The Kier molecular flexibility index (Phi) is 6.92. The monoisotopic (exact) mass is 594 g/mol. The summed E-state index contributed by atoms with van der Waals surface area (Å²) in [7, 11) is 1.24. The zero-order chi connectivity index (χ0) is 23.7. The van der Waals surface area contributed by atoms with Gasteiger partial charge in [-0.05, 0) is 76.2 Å². The highest BCUT2D eigenvalue weighted by Gasteiger charge is 2.44. The zero-order valence-electron chi connectivity index (χ0n) is 17.2. The quantitative estimate of drug-likeness (QED) is 0.313. The van der Waals surface area contributed by atoms with Crippen molar-refractivity contribution in [1.82, 2.24) is 4.90 Å². The maximum atomic E-state index is 14.0. The van der Waals surface area contributed by atoms with E-state index in [1.165, 1.54) is 12.0 Å². The van der Waals surface area contributed by atoms with Gasteiger partial charge in [0, 0.05) is 13.6 Å². The molecule has 0 saturated heterocycles. The first-order chi connectivity index (χ1) is 15.8. The van der Waals surface area contributed by atoms with Gasteiger partial charge in [0.05, 0.1) is 18.4 Å². The highest BCUT2D eigenvalue weighted by molar-refractivity contribution is 14.1. The van der Waals surface area contributed by atoms with Crippen molar-refractivity contribution in [2.45, 2.75) is 12.1 Å². The van der Waals surface area contributed by atoms with Gasteiger partial charge in [0.2, 0.25) is 0 Å². The Hall–Kier alpha value is -2.62. The summed E-state index contributed by atoms with van der Waals surface area (Å²) in [6.45, 7) is 0. The molecular weight excluding hydrogens is 578 g/mol. The Morgan fingerprint density at radius 1 is 1.00 bits per heavy atom. The predicted octanol–water partition coefficient (Wildman–Crippen LogP) is 5.65. The second kappa shape index (κ2) is 9.70. The van der Waals surface area contributed by atoms with Crippen LogP contribution in [0.5, 0.6) is 0 Å². The number of ether oxygens (including phenoxy) is 1. The Bertz CT molecular complexity index is 1180. The molecule has 2 unspecified atom stereocenters. The Balaban J connectivity index is 1.97. The molecule has 9 heteroatoms. The van der Waals surface area contributed by atoms with Gasteiger partial charge in [-0.2, -0.15) is 0 Å². The first kappa shape index (κ1) is 23.5. The second-order valence-electron chi connectivity index (χ2n) is 7.32. The van der Waals surface area contributed by atoms with Crippen molar-refractivity contribution in [3.05, 3.63) is 97.0 Å². The van der Waals surface area contributed by atoms with E-state index in [0.29, 0.717) is 26.9 Å². The van der Waals surface area contributed by atoms with Crippen LogP contribution in [0.2, 0.25) is 10.0 Å². The van der Waals surface area contributed by atoms with Crippen molar-refractivity contribution in [3.8, 4) is 0 Å². The maximum absolute atomic E-state index is 14.0. The number of amides is 2. The summed E-state index contributed by atoms with van der Waals surface area (Å²) in [5.74, 6) is -1.65. The van der Waals surface area contributed by atoms with Crippen LogP contribution >= 0.6 is 45.8 Å². The van der Waals surface area contributed by atoms with Crippen molar-refractivity contribution in [2.75, 3.05) is 12.4 Å². The zero-order valence-corrected chi connectivity index (χ0v) is 20.9. The number of anilines is 1. The summed E-state index contributed by atoms with van der Waals surface area (Å²) >= 11 is 14.2. The number of halogens is 3. The fourth-order valence-electron chi connectivity index (χ4n) is 3.78. The third-order valence-corrected chi connectivity index (χ3v) is 6.48. The number of esters is 1. The molecule has 0 bridgehead atoms. The molecule has 1 aliphatic rings. The van der Waals surface area contributed by atoms with Crippen LogP contribution in [0.4, 0.5) is 5.69 Å². The molecule has 1 N–H and O–H groups in total. The average molecular weight is 595 g/mol. The van der Waals surface area contributed by atoms with Crippen molar-refractivity contribution >= 4 is 69.3 Å². The summed E-state index contributed by atoms with van der Waals surface area (Å²) in [5, 5.41) is 3.78. The lowest BCUT2D eigenvalue weighted by atomic mass is 9.97. The van der Waals surface area contributed by atoms with E-state index in [1.807, 2.05) is 0 Å². The number of carbonyl (C=O) groups excluding carboxylic acids is 3. The third-order valence-electron chi connectivity index (χ3n) is 5.31. The van der Waals surface area contributed by atoms with Gasteiger partial charge in [-0.3, -0.25) is 9.59 Å². The van der Waals surface area contributed by atoms with Crippen molar-refractivity contribution in [3.63, 3.8) is 0 Å². The fraction of sp³-hybridized carbons (Fsp3) is 0.125. The Morgan fingerprint density at radius 3 is 2.21 bits per heavy atom. The molecule has 6 nitrogen and oxygen atoms in total. The smallest absolute Gasteiger partial charge is 0.333 e. The topological polar surface area (TPSA) is 75.7 Å². The lowest BCUT2D eigenvalue weighted by molar-refractivity contribution is -0.147. The molecule has 0 saturated carbocycles. The van der Waals surface area contributed by atoms with Crippen molar-refractivity contribution in [1.29, 1.82) is 0 Å². The highest BCUT2D eigenvalue weighted by Crippen LogP contribution is 2.39. The van der Waals surface area contributed by atoms with Crippen molar-refractivity contribution in [2.24, 2.45) is 0 Å². The van der Waals surface area contributed by atoms with E-state index in [1.54, 1.807) is 66.7 Å². The first-order valence-electron chi connectivity index (χ1n) is 9.82. The van der Waals surface area contributed by atoms with E-state index in [0.717, 1.165) is 3.57 Å². The molecule has 3 aromatic rings. The van der Waals surface area contributed by atoms with Crippen LogP contribution in [0.1, 0.15) is 33.6 Å². The first-order valence-corrected chi connectivity index (χ1v) is 11.7. The largest absolute Gasteiger partial charge is 0.467 e. The molecule has 0 fully saturated rings. The number of methoxy groups -OCH3 is 1. The summed E-state index contributed by atoms with van der Waals surface area (Å²) in [5.41, 5.74) is 1.59. The summed E-state index contributed by atoms with van der Waals surface area (Å²) in [4.78, 5) is 41.8. The van der Waals surface area contributed by atoms with E-state index in [4.69, 9.17) is 27.9 Å². The molecule has 0 aromatic heterocycles. The van der Waals surface area contributed by atoms with Gasteiger partial charge in [0.1, 0.15) is 6.04 Å². The molecule has 0 radical (unpaired) electrons. The Morgan fingerprint density at radius 2 is 1.61 bits per heavy atom. The minimum absolute atomic E-state index is 0.273. The molecule has 33 heavy (non-hydrogen) atoms. The van der Waals surface area contributed by atoms with Gasteiger partial charge in [-0.15, -0.1) is 0 Å². The van der Waals surface area contributed by atoms with Gasteiger partial charge >= 0.3 is 5.97 Å². The number of hydrogen-bond donors (Lipinski definition) is 1. The maximum Gasteiger partial charge on any atom is 0.333 e. The normalized spacial score (nSPS) is 16.5. The fourth-order valence-corrected chi connectivity index (χ4v) is 4.52. The SMILES string of the molecule is COC(=O)C(c1ccc(Cl)cc1)N1C(=O)c2cc(I)ccc2NC(=O)C1c1ccc(Cl)cc1. The molecule has 1 heterocycles. The molecule has 168 valence electrons. The number of rotatable bonds is 4. The number of carbonyl (C=O) groups is 3. The van der Waals surface area contributed by atoms with E-state index in [9.17, 15) is 14.4 Å². The molecule has 0 aliphatic carbocycles. The second-order valence-corrected chi connectivity index (χ2v) is 9.44. The van der Waals surface area contributed by atoms with Crippen molar-refractivity contribution < 1.29 is 19.1 Å². The molecular formula is C24H17Cl2IN2O4. The van der Waals surface area contributed by atoms with Crippen LogP contribution in [0, 0.1) is 3.57 Å². The lowest BCUT2D eigenvalue weighted by Crippen LogP contribution is -2.44. The summed E-state index contributed by atoms with van der Waals surface area (Å²) in [6.07, 6.45) is 0. The third kappa shape index (κ3) is 4.71. The summed E-state index contributed by atoms with van der Waals surface area (Å²) in [6, 6.07) is 15.9. The van der Waals surface area contributed by atoms with Gasteiger partial charge in [0.15, 0.2) is 6.04 Å². The lowest BCUT2D eigenvalue weighted by Gasteiger charge is -2.35. The number of nitrogens with zero attached hydrogens (tertiary/aromatic N) is 1. The number of benzene rings is 3. The van der Waals surface area contributed by atoms with Gasteiger partial charge < -0.3 is 15.0 Å². The number of fused-ring (bicyclic) bond motifs is 1. The van der Waals surface area contributed by atoms with E-state index in [2.05, 4.69) is 27.9 Å². The van der Waals surface area contributed by atoms with Gasteiger partial charge in [-0.1, -0.05) is 47.5 Å². The highest BCUT2D eigenvalue weighted by atomic mass is 127. The molecule has 1 aliphatic heterocycles. The van der Waals surface area contributed by atoms with Gasteiger partial charge in [-0.25, -0.2) is 4.79 Å². The standard InChI is InChI=1S/C24H17Cl2IN2O4/c1-33-24(32)21(14-4-8-16(26)9-5-14)29-20(13-2-6-15(25)7-3-13)22(30)28-19-11-10-17(27)12-18(19)23(29)31/h2-12,20-21H,1H3,(H,28,30). The van der Waals surface area contributed by atoms with Crippen LogP contribution in [0.25, 0.3) is 0 Å². The van der Waals surface area contributed by atoms with E-state index >= 15 is 0 Å². The number of hydrogen-bond acceptors (Lipinski definition) is 4. The average Bonchev–Trinajstić information content (AvgIpc) is 2.90. The minimum Gasteiger partial charge on any atom is -0.467 e. The van der Waals surface area contributed by atoms with E-state index in [-0.39, 0.29) is 5.56 Å². The van der Waals surface area contributed by atoms with E-state index < -0.39 is 29.9 Å². The molecule has 2 amide bonds. The molecule has 3 aromatic carbocycles. The molecule has 0 spiro atoms. The number of nitrogens with one attached hydrogen (secondary N) is 1. The van der Waals surface area contributed by atoms with Crippen LogP contribution in [-0.2, 0) is 14.3 Å². The van der Waals surface area contributed by atoms with Crippen LogP contribution in [0.3, 0.4) is 0 Å². The molecule has 4 rings (SSSR count). The molecule has 2 atom stereocenters. The van der Waals surface area contributed by atoms with Crippen LogP contribution in [-0.4, -0.2) is 29.8 Å². The summed E-state index contributed by atoms with van der Waals surface area (Å²) < 4.78 is 5.88. The predicted molar refractivity (Wildman–Crippen MR) is 134 cm³/mol. The van der Waals surface area contributed by atoms with Gasteiger partial charge in [0.25, 0.3) is 11.8 Å². The minimum atomic E-state index is -1.20. The van der Waals surface area contributed by atoms with Crippen LogP contribution in [0.15, 0.2) is 66.7 Å².